The normalized spacial score (nSPS) is 20.7. The lowest BCUT2D eigenvalue weighted by Gasteiger charge is -2.42. The van der Waals surface area contributed by atoms with Crippen LogP contribution in [0.2, 0.25) is 0 Å². The Morgan fingerprint density at radius 1 is 1.67 bits per heavy atom. The Morgan fingerprint density at radius 2 is 2.33 bits per heavy atom. The molecule has 1 atom stereocenters. The zero-order valence-corrected chi connectivity index (χ0v) is 9.51. The molecule has 82 valence electrons. The van der Waals surface area contributed by atoms with Crippen molar-refractivity contribution >= 4 is 17.3 Å². The number of hydrogen-bond acceptors (Lipinski definition) is 3. The van der Waals surface area contributed by atoms with Crippen LogP contribution in [0.1, 0.15) is 35.7 Å². The highest BCUT2D eigenvalue weighted by molar-refractivity contribution is 7.10. The van der Waals surface area contributed by atoms with Crippen LogP contribution in [0.3, 0.4) is 0 Å². The number of nitrogens with two attached hydrogens (primary N) is 1. The third-order valence-corrected chi connectivity index (χ3v) is 4.26. The van der Waals surface area contributed by atoms with Gasteiger partial charge in [0.1, 0.15) is 0 Å². The molecule has 0 saturated heterocycles. The molecule has 1 aromatic heterocycles. The first kappa shape index (κ1) is 10.6. The number of carboxylic acids is 1. The first-order valence-electron chi connectivity index (χ1n) is 5.10. The molecule has 15 heavy (non-hydrogen) atoms. The molecule has 3 nitrogen and oxygen atoms in total. The molecule has 1 unspecified atom stereocenters. The number of thiophene rings is 1. The molecule has 0 radical (unpaired) electrons. The van der Waals surface area contributed by atoms with E-state index in [0.29, 0.717) is 12.8 Å². The van der Waals surface area contributed by atoms with Crippen molar-refractivity contribution in [1.29, 1.82) is 0 Å². The van der Waals surface area contributed by atoms with Gasteiger partial charge >= 0.3 is 5.97 Å². The molecule has 0 aromatic carbocycles. The van der Waals surface area contributed by atoms with E-state index in [2.05, 4.69) is 0 Å². The molecule has 1 saturated carbocycles. The van der Waals surface area contributed by atoms with Gasteiger partial charge in [0.25, 0.3) is 0 Å². The summed E-state index contributed by atoms with van der Waals surface area (Å²) in [5, 5.41) is 11.2. The molecule has 1 fully saturated rings. The summed E-state index contributed by atoms with van der Waals surface area (Å²) in [5.74, 6) is -0.745. The minimum atomic E-state index is -0.745. The Bertz CT molecular complexity index is 382. The van der Waals surface area contributed by atoms with E-state index in [1.807, 2.05) is 18.4 Å². The number of hydrogen-bond donors (Lipinski definition) is 2. The van der Waals surface area contributed by atoms with Gasteiger partial charge in [0.15, 0.2) is 0 Å². The van der Waals surface area contributed by atoms with Crippen LogP contribution < -0.4 is 5.73 Å². The lowest BCUT2D eigenvalue weighted by atomic mass is 9.63. The summed E-state index contributed by atoms with van der Waals surface area (Å²) in [7, 11) is 0. The first-order valence-corrected chi connectivity index (χ1v) is 5.98. The predicted molar refractivity (Wildman–Crippen MR) is 59.9 cm³/mol. The molecule has 3 N–H and O–H groups in total. The van der Waals surface area contributed by atoms with Gasteiger partial charge in [0.2, 0.25) is 0 Å². The van der Waals surface area contributed by atoms with Gasteiger partial charge in [0.05, 0.1) is 5.41 Å². The van der Waals surface area contributed by atoms with Crippen LogP contribution in [0.15, 0.2) is 11.4 Å². The van der Waals surface area contributed by atoms with Gasteiger partial charge in [-0.15, -0.1) is 11.3 Å². The monoisotopic (exact) mass is 225 g/mol. The standard InChI is InChI=1S/C11H15NO2S/c1-7-5-8(6-15-7)9(12)11(10(13)14)3-2-4-11/h5-6,9H,2-4,12H2,1H3,(H,13,14). The Kier molecular flexibility index (Phi) is 2.56. The Balaban J connectivity index is 2.26. The predicted octanol–water partition coefficient (Wildman–Crippen LogP) is 2.31. The average molecular weight is 225 g/mol. The van der Waals surface area contributed by atoms with E-state index in [1.165, 1.54) is 4.88 Å². The van der Waals surface area contributed by atoms with Crippen molar-refractivity contribution < 1.29 is 9.90 Å². The zero-order chi connectivity index (χ0) is 11.1. The SMILES string of the molecule is Cc1cc(C(N)C2(C(=O)O)CCC2)cs1. The minimum Gasteiger partial charge on any atom is -0.481 e. The summed E-state index contributed by atoms with van der Waals surface area (Å²) in [6, 6.07) is 1.65. The third-order valence-electron chi connectivity index (χ3n) is 3.38. The van der Waals surface area contributed by atoms with E-state index in [1.54, 1.807) is 11.3 Å². The highest BCUT2D eigenvalue weighted by Crippen LogP contribution is 2.49. The largest absolute Gasteiger partial charge is 0.481 e. The topological polar surface area (TPSA) is 63.3 Å². The lowest BCUT2D eigenvalue weighted by molar-refractivity contribution is -0.156. The van der Waals surface area contributed by atoms with Crippen LogP contribution in [-0.2, 0) is 4.79 Å². The minimum absolute atomic E-state index is 0.353. The number of aliphatic carboxylic acids is 1. The Labute approximate surface area is 92.9 Å². The van der Waals surface area contributed by atoms with Crippen molar-refractivity contribution in [2.75, 3.05) is 0 Å². The quantitative estimate of drug-likeness (QED) is 0.829. The smallest absolute Gasteiger partial charge is 0.311 e. The third kappa shape index (κ3) is 1.58. The van der Waals surface area contributed by atoms with E-state index >= 15 is 0 Å². The summed E-state index contributed by atoms with van der Waals surface area (Å²) in [6.07, 6.45) is 2.39. The maximum Gasteiger partial charge on any atom is 0.311 e. The Hall–Kier alpha value is -0.870. The van der Waals surface area contributed by atoms with Crippen LogP contribution in [0.25, 0.3) is 0 Å². The summed E-state index contributed by atoms with van der Waals surface area (Å²) in [4.78, 5) is 12.4. The van der Waals surface area contributed by atoms with Crippen LogP contribution in [0.5, 0.6) is 0 Å². The van der Waals surface area contributed by atoms with Crippen LogP contribution >= 0.6 is 11.3 Å². The van der Waals surface area contributed by atoms with E-state index in [-0.39, 0.29) is 6.04 Å². The van der Waals surface area contributed by atoms with Gasteiger partial charge in [-0.1, -0.05) is 6.42 Å². The molecule has 0 amide bonds. The van der Waals surface area contributed by atoms with Crippen LogP contribution in [0, 0.1) is 12.3 Å². The van der Waals surface area contributed by atoms with Crippen molar-refractivity contribution in [2.45, 2.75) is 32.2 Å². The zero-order valence-electron chi connectivity index (χ0n) is 8.69. The maximum absolute atomic E-state index is 11.2. The van der Waals surface area contributed by atoms with Gasteiger partial charge < -0.3 is 10.8 Å². The number of rotatable bonds is 3. The molecule has 1 aliphatic carbocycles. The van der Waals surface area contributed by atoms with Gasteiger partial charge in [-0.3, -0.25) is 4.79 Å². The van der Waals surface area contributed by atoms with E-state index in [4.69, 9.17) is 5.73 Å². The summed E-state index contributed by atoms with van der Waals surface area (Å²) in [6.45, 7) is 2.01. The number of carbonyl (C=O) groups is 1. The van der Waals surface area contributed by atoms with E-state index < -0.39 is 11.4 Å². The van der Waals surface area contributed by atoms with Crippen molar-refractivity contribution in [2.24, 2.45) is 11.1 Å². The fraction of sp³-hybridized carbons (Fsp3) is 0.545. The van der Waals surface area contributed by atoms with Gasteiger partial charge in [-0.05, 0) is 36.8 Å². The average Bonchev–Trinajstić information content (AvgIpc) is 2.48. The molecule has 4 heteroatoms. The fourth-order valence-corrected chi connectivity index (χ4v) is 2.90. The highest BCUT2D eigenvalue weighted by atomic mass is 32.1. The van der Waals surface area contributed by atoms with Gasteiger partial charge in [-0.25, -0.2) is 0 Å². The Morgan fingerprint density at radius 3 is 2.67 bits per heavy atom. The second-order valence-electron chi connectivity index (χ2n) is 4.28. The molecule has 0 aliphatic heterocycles. The second-order valence-corrected chi connectivity index (χ2v) is 5.40. The molecule has 1 aromatic rings. The number of aryl methyl sites for hydroxylation is 1. The highest BCUT2D eigenvalue weighted by Gasteiger charge is 2.49. The molecular formula is C11H15NO2S. The molecule has 0 spiro atoms. The van der Waals surface area contributed by atoms with Crippen molar-refractivity contribution in [1.82, 2.24) is 0 Å². The molecule has 0 bridgehead atoms. The first-order chi connectivity index (χ1) is 7.06. The van der Waals surface area contributed by atoms with Crippen molar-refractivity contribution in [3.05, 3.63) is 21.9 Å². The van der Waals surface area contributed by atoms with E-state index in [0.717, 1.165) is 12.0 Å². The van der Waals surface area contributed by atoms with E-state index in [9.17, 15) is 9.90 Å². The van der Waals surface area contributed by atoms with Crippen LogP contribution in [-0.4, -0.2) is 11.1 Å². The maximum atomic E-state index is 11.2. The molecule has 1 aliphatic rings. The van der Waals surface area contributed by atoms with Gasteiger partial charge in [-0.2, -0.15) is 0 Å². The summed E-state index contributed by atoms with van der Waals surface area (Å²) < 4.78 is 0. The summed E-state index contributed by atoms with van der Waals surface area (Å²) >= 11 is 1.62. The lowest BCUT2D eigenvalue weighted by Crippen LogP contribution is -2.46. The van der Waals surface area contributed by atoms with Crippen molar-refractivity contribution in [3.63, 3.8) is 0 Å². The molecular weight excluding hydrogens is 210 g/mol. The van der Waals surface area contributed by atoms with Gasteiger partial charge in [0, 0.05) is 10.9 Å². The number of carboxylic acid groups (broad SMARTS) is 1. The van der Waals surface area contributed by atoms with Crippen molar-refractivity contribution in [3.8, 4) is 0 Å². The molecule has 2 rings (SSSR count). The summed E-state index contributed by atoms with van der Waals surface area (Å²) in [5.41, 5.74) is 6.35. The fourth-order valence-electron chi connectivity index (χ4n) is 2.16. The second kappa shape index (κ2) is 3.61. The van der Waals surface area contributed by atoms with Crippen LogP contribution in [0.4, 0.5) is 0 Å². The molecule has 1 heterocycles.